The Kier molecular flexibility index (Phi) is 6.83. The zero-order chi connectivity index (χ0) is 21.7. The molecule has 0 aliphatic carbocycles. The van der Waals surface area contributed by atoms with Crippen LogP contribution in [0.5, 0.6) is 11.5 Å². The highest BCUT2D eigenvalue weighted by Crippen LogP contribution is 2.33. The standard InChI is InChI=1S/C21H25N5O3S/c1-13(2)14-5-7-15(8-6-14)23-19(27)12-30-21-25-24-20(26(21)22)17-10-9-16(28-3)11-18(17)29-4/h5-11,13H,12,22H2,1-4H3,(H,23,27). The van der Waals surface area contributed by atoms with Crippen molar-refractivity contribution in [2.24, 2.45) is 0 Å². The van der Waals surface area contributed by atoms with E-state index in [9.17, 15) is 4.79 Å². The van der Waals surface area contributed by atoms with Crippen LogP contribution in [0.1, 0.15) is 25.3 Å². The van der Waals surface area contributed by atoms with E-state index < -0.39 is 0 Å². The fourth-order valence-corrected chi connectivity index (χ4v) is 3.48. The third-order valence-corrected chi connectivity index (χ3v) is 5.45. The molecule has 0 spiro atoms. The van der Waals surface area contributed by atoms with Crippen molar-refractivity contribution in [2.45, 2.75) is 24.9 Å². The number of nitrogens with zero attached hydrogens (tertiary/aromatic N) is 3. The number of carbonyl (C=O) groups is 1. The minimum absolute atomic E-state index is 0.149. The second-order valence-corrected chi connectivity index (χ2v) is 7.80. The first-order valence-electron chi connectivity index (χ1n) is 9.38. The van der Waals surface area contributed by atoms with Crippen molar-refractivity contribution in [3.05, 3.63) is 48.0 Å². The molecule has 3 aromatic rings. The summed E-state index contributed by atoms with van der Waals surface area (Å²) in [6.45, 7) is 4.26. The van der Waals surface area contributed by atoms with Crippen LogP contribution in [0.4, 0.5) is 5.69 Å². The van der Waals surface area contributed by atoms with Crippen LogP contribution in [0, 0.1) is 0 Å². The molecule has 0 fully saturated rings. The summed E-state index contributed by atoms with van der Waals surface area (Å²) in [6.07, 6.45) is 0. The Morgan fingerprint density at radius 1 is 1.13 bits per heavy atom. The topological polar surface area (TPSA) is 104 Å². The zero-order valence-corrected chi connectivity index (χ0v) is 18.2. The van der Waals surface area contributed by atoms with E-state index in [0.29, 0.717) is 34.0 Å². The number of carbonyl (C=O) groups excluding carboxylic acids is 1. The van der Waals surface area contributed by atoms with Crippen LogP contribution in [0.2, 0.25) is 0 Å². The SMILES string of the molecule is COc1ccc(-c2nnc(SCC(=O)Nc3ccc(C(C)C)cc3)n2N)c(OC)c1. The fourth-order valence-electron chi connectivity index (χ4n) is 2.82. The van der Waals surface area contributed by atoms with E-state index in [2.05, 4.69) is 29.4 Å². The Morgan fingerprint density at radius 3 is 2.50 bits per heavy atom. The molecule has 2 aromatic carbocycles. The minimum atomic E-state index is -0.149. The molecular formula is C21H25N5O3S. The van der Waals surface area contributed by atoms with Crippen LogP contribution in [0.3, 0.4) is 0 Å². The third kappa shape index (κ3) is 4.85. The summed E-state index contributed by atoms with van der Waals surface area (Å²) in [5.74, 6) is 8.27. The van der Waals surface area contributed by atoms with Crippen molar-refractivity contribution in [3.63, 3.8) is 0 Å². The van der Waals surface area contributed by atoms with Gasteiger partial charge >= 0.3 is 0 Å². The first-order chi connectivity index (χ1) is 14.4. The van der Waals surface area contributed by atoms with Crippen molar-refractivity contribution in [1.82, 2.24) is 14.9 Å². The van der Waals surface area contributed by atoms with Gasteiger partial charge < -0.3 is 20.6 Å². The summed E-state index contributed by atoms with van der Waals surface area (Å²) in [5.41, 5.74) is 2.65. The predicted molar refractivity (Wildman–Crippen MR) is 119 cm³/mol. The Labute approximate surface area is 179 Å². The van der Waals surface area contributed by atoms with Crippen LogP contribution >= 0.6 is 11.8 Å². The molecule has 3 rings (SSSR count). The minimum Gasteiger partial charge on any atom is -0.497 e. The van der Waals surface area contributed by atoms with E-state index in [0.717, 1.165) is 5.69 Å². The lowest BCUT2D eigenvalue weighted by Gasteiger charge is -2.10. The molecule has 1 heterocycles. The van der Waals surface area contributed by atoms with Gasteiger partial charge in [-0.3, -0.25) is 4.79 Å². The second kappa shape index (κ2) is 9.53. The van der Waals surface area contributed by atoms with Gasteiger partial charge in [-0.2, -0.15) is 0 Å². The molecule has 0 radical (unpaired) electrons. The van der Waals surface area contributed by atoms with Crippen molar-refractivity contribution in [2.75, 3.05) is 31.1 Å². The highest BCUT2D eigenvalue weighted by atomic mass is 32.2. The maximum atomic E-state index is 12.3. The van der Waals surface area contributed by atoms with E-state index >= 15 is 0 Å². The van der Waals surface area contributed by atoms with E-state index in [1.807, 2.05) is 24.3 Å². The summed E-state index contributed by atoms with van der Waals surface area (Å²) < 4.78 is 12.0. The summed E-state index contributed by atoms with van der Waals surface area (Å²) in [5, 5.41) is 11.6. The molecular weight excluding hydrogens is 402 g/mol. The first kappa shape index (κ1) is 21.5. The molecule has 8 nitrogen and oxygen atoms in total. The van der Waals surface area contributed by atoms with Gasteiger partial charge in [-0.05, 0) is 35.7 Å². The maximum absolute atomic E-state index is 12.3. The molecule has 158 valence electrons. The molecule has 3 N–H and O–H groups in total. The number of aromatic nitrogens is 3. The number of nitrogens with one attached hydrogen (secondary N) is 1. The van der Waals surface area contributed by atoms with Gasteiger partial charge in [0.05, 0.1) is 25.5 Å². The van der Waals surface area contributed by atoms with E-state index in [4.69, 9.17) is 15.3 Å². The molecule has 0 bridgehead atoms. The number of hydrogen-bond acceptors (Lipinski definition) is 7. The predicted octanol–water partition coefficient (Wildman–Crippen LogP) is 3.53. The van der Waals surface area contributed by atoms with Gasteiger partial charge in [-0.1, -0.05) is 37.7 Å². The number of hydrogen-bond donors (Lipinski definition) is 2. The Bertz CT molecular complexity index is 1020. The van der Waals surface area contributed by atoms with Crippen molar-refractivity contribution in [1.29, 1.82) is 0 Å². The summed E-state index contributed by atoms with van der Waals surface area (Å²) >= 11 is 1.21. The monoisotopic (exact) mass is 427 g/mol. The Morgan fingerprint density at radius 2 is 1.87 bits per heavy atom. The average molecular weight is 428 g/mol. The summed E-state index contributed by atoms with van der Waals surface area (Å²) in [6, 6.07) is 13.2. The first-order valence-corrected chi connectivity index (χ1v) is 10.4. The normalized spacial score (nSPS) is 10.8. The number of benzene rings is 2. The lowest BCUT2D eigenvalue weighted by molar-refractivity contribution is -0.113. The number of amides is 1. The average Bonchev–Trinajstić information content (AvgIpc) is 3.12. The van der Waals surface area contributed by atoms with Gasteiger partial charge in [0.25, 0.3) is 0 Å². The van der Waals surface area contributed by atoms with Gasteiger partial charge in [0.15, 0.2) is 5.82 Å². The second-order valence-electron chi connectivity index (χ2n) is 6.86. The van der Waals surface area contributed by atoms with Gasteiger partial charge in [-0.25, -0.2) is 4.68 Å². The smallest absolute Gasteiger partial charge is 0.234 e. The molecule has 0 aliphatic heterocycles. The van der Waals surface area contributed by atoms with Gasteiger partial charge in [-0.15, -0.1) is 10.2 Å². The summed E-state index contributed by atoms with van der Waals surface area (Å²) in [4.78, 5) is 12.3. The number of anilines is 1. The van der Waals surface area contributed by atoms with Crippen molar-refractivity contribution < 1.29 is 14.3 Å². The van der Waals surface area contributed by atoms with Crippen molar-refractivity contribution >= 4 is 23.4 Å². The molecule has 0 unspecified atom stereocenters. The highest BCUT2D eigenvalue weighted by Gasteiger charge is 2.17. The Hall–Kier alpha value is -3.20. The molecule has 1 aromatic heterocycles. The number of thioether (sulfide) groups is 1. The highest BCUT2D eigenvalue weighted by molar-refractivity contribution is 7.99. The Balaban J connectivity index is 1.66. The quantitative estimate of drug-likeness (QED) is 0.418. The number of rotatable bonds is 8. The van der Waals surface area contributed by atoms with E-state index in [1.165, 1.54) is 22.0 Å². The zero-order valence-electron chi connectivity index (χ0n) is 17.4. The van der Waals surface area contributed by atoms with Crippen LogP contribution < -0.4 is 20.6 Å². The maximum Gasteiger partial charge on any atom is 0.234 e. The van der Waals surface area contributed by atoms with E-state index in [-0.39, 0.29) is 11.7 Å². The summed E-state index contributed by atoms with van der Waals surface area (Å²) in [7, 11) is 3.14. The lowest BCUT2D eigenvalue weighted by Crippen LogP contribution is -2.16. The van der Waals surface area contributed by atoms with Crippen LogP contribution in [0.25, 0.3) is 11.4 Å². The molecule has 9 heteroatoms. The van der Waals surface area contributed by atoms with Crippen LogP contribution in [-0.2, 0) is 4.79 Å². The lowest BCUT2D eigenvalue weighted by atomic mass is 10.0. The fraction of sp³-hybridized carbons (Fsp3) is 0.286. The van der Waals surface area contributed by atoms with Gasteiger partial charge in [0.1, 0.15) is 11.5 Å². The van der Waals surface area contributed by atoms with E-state index in [1.54, 1.807) is 32.4 Å². The molecule has 0 atom stereocenters. The van der Waals surface area contributed by atoms with Gasteiger partial charge in [0, 0.05) is 11.8 Å². The van der Waals surface area contributed by atoms with Gasteiger partial charge in [0.2, 0.25) is 11.1 Å². The number of nitrogen functional groups attached to an aromatic ring is 1. The molecule has 0 saturated heterocycles. The molecule has 1 amide bonds. The number of ether oxygens (including phenoxy) is 2. The number of methoxy groups -OCH3 is 2. The van der Waals surface area contributed by atoms with Crippen LogP contribution in [-0.4, -0.2) is 40.8 Å². The number of nitrogens with two attached hydrogens (primary N) is 1. The van der Waals surface area contributed by atoms with Crippen LogP contribution in [0.15, 0.2) is 47.6 Å². The molecule has 0 aliphatic rings. The molecule has 0 saturated carbocycles. The molecule has 30 heavy (non-hydrogen) atoms. The van der Waals surface area contributed by atoms with Crippen molar-refractivity contribution in [3.8, 4) is 22.9 Å². The third-order valence-electron chi connectivity index (χ3n) is 4.51. The largest absolute Gasteiger partial charge is 0.497 e.